The second kappa shape index (κ2) is 5.41. The summed E-state index contributed by atoms with van der Waals surface area (Å²) in [5.41, 5.74) is 1.16. The van der Waals surface area contributed by atoms with Gasteiger partial charge in [-0.3, -0.25) is 4.40 Å². The number of fused-ring (bicyclic) bond motifs is 1. The third-order valence-corrected chi connectivity index (χ3v) is 4.88. The zero-order valence-corrected chi connectivity index (χ0v) is 11.7. The van der Waals surface area contributed by atoms with Crippen LogP contribution in [0, 0.1) is 5.92 Å². The molecule has 3 nitrogen and oxygen atoms in total. The Balaban J connectivity index is 1.55. The van der Waals surface area contributed by atoms with Crippen LogP contribution in [-0.4, -0.2) is 15.4 Å². The van der Waals surface area contributed by atoms with Crippen LogP contribution in [0.25, 0.3) is 4.96 Å². The summed E-state index contributed by atoms with van der Waals surface area (Å²) in [4.78, 5) is 5.70. The molecule has 0 aliphatic heterocycles. The maximum Gasteiger partial charge on any atom is 0.193 e. The highest BCUT2D eigenvalue weighted by Gasteiger charge is 2.19. The molecule has 0 spiro atoms. The van der Waals surface area contributed by atoms with Gasteiger partial charge in [0.25, 0.3) is 0 Å². The predicted molar refractivity (Wildman–Crippen MR) is 75.9 cm³/mol. The minimum atomic E-state index is 0.616. The Morgan fingerprint density at radius 1 is 1.44 bits per heavy atom. The predicted octanol–water partition coefficient (Wildman–Crippen LogP) is 3.45. The van der Waals surface area contributed by atoms with E-state index in [0.29, 0.717) is 6.04 Å². The molecule has 1 N–H and O–H groups in total. The van der Waals surface area contributed by atoms with Crippen LogP contribution in [0.4, 0.5) is 0 Å². The summed E-state index contributed by atoms with van der Waals surface area (Å²) >= 11 is 1.69. The lowest BCUT2D eigenvalue weighted by atomic mass is 9.84. The standard InChI is InChI=1S/C14H21N3S/c1-11(12-5-3-2-4-6-12)15-9-13-10-17-7-8-18-14(17)16-13/h7-8,10-12,15H,2-6,9H2,1H3/t11-/m1/s1. The molecule has 0 bridgehead atoms. The van der Waals surface area contributed by atoms with Crippen molar-refractivity contribution in [2.24, 2.45) is 5.92 Å². The molecule has 0 amide bonds. The molecule has 4 heteroatoms. The van der Waals surface area contributed by atoms with Crippen LogP contribution >= 0.6 is 11.3 Å². The summed E-state index contributed by atoms with van der Waals surface area (Å²) in [6.07, 6.45) is 11.3. The van der Waals surface area contributed by atoms with Gasteiger partial charge in [-0.05, 0) is 25.7 Å². The Bertz CT molecular complexity index is 467. The summed E-state index contributed by atoms with van der Waals surface area (Å²) in [5, 5.41) is 5.72. The Labute approximate surface area is 112 Å². The van der Waals surface area contributed by atoms with Crippen LogP contribution < -0.4 is 5.32 Å². The van der Waals surface area contributed by atoms with Crippen LogP contribution in [0.3, 0.4) is 0 Å². The molecule has 18 heavy (non-hydrogen) atoms. The molecule has 2 aromatic heterocycles. The summed E-state index contributed by atoms with van der Waals surface area (Å²) < 4.78 is 2.10. The fraction of sp³-hybridized carbons (Fsp3) is 0.643. The molecule has 0 unspecified atom stereocenters. The van der Waals surface area contributed by atoms with E-state index in [1.807, 2.05) is 0 Å². The number of hydrogen-bond acceptors (Lipinski definition) is 3. The first kappa shape index (κ1) is 12.2. The topological polar surface area (TPSA) is 29.3 Å². The first-order chi connectivity index (χ1) is 8.83. The summed E-state index contributed by atoms with van der Waals surface area (Å²) in [7, 11) is 0. The molecular formula is C14H21N3S. The molecule has 98 valence electrons. The molecule has 2 aromatic rings. The van der Waals surface area contributed by atoms with Crippen molar-refractivity contribution in [1.29, 1.82) is 0 Å². The number of thiazole rings is 1. The van der Waals surface area contributed by atoms with Gasteiger partial charge >= 0.3 is 0 Å². The molecule has 0 radical (unpaired) electrons. The third-order valence-electron chi connectivity index (χ3n) is 4.11. The highest BCUT2D eigenvalue weighted by atomic mass is 32.1. The Morgan fingerprint density at radius 2 is 2.28 bits per heavy atom. The minimum Gasteiger partial charge on any atom is -0.308 e. The largest absolute Gasteiger partial charge is 0.308 e. The van der Waals surface area contributed by atoms with E-state index < -0.39 is 0 Å². The lowest BCUT2D eigenvalue weighted by molar-refractivity contribution is 0.280. The van der Waals surface area contributed by atoms with Gasteiger partial charge < -0.3 is 5.32 Å². The number of imidazole rings is 1. The molecule has 1 atom stereocenters. The Hall–Kier alpha value is -0.870. The van der Waals surface area contributed by atoms with Crippen LogP contribution in [0.15, 0.2) is 17.8 Å². The fourth-order valence-electron chi connectivity index (χ4n) is 2.93. The van der Waals surface area contributed by atoms with E-state index in [1.165, 1.54) is 32.1 Å². The average Bonchev–Trinajstić information content (AvgIpc) is 2.97. The van der Waals surface area contributed by atoms with E-state index in [2.05, 4.69) is 39.4 Å². The van der Waals surface area contributed by atoms with E-state index in [-0.39, 0.29) is 0 Å². The van der Waals surface area contributed by atoms with Crippen LogP contribution in [0.1, 0.15) is 44.7 Å². The lowest BCUT2D eigenvalue weighted by Crippen LogP contribution is -2.34. The van der Waals surface area contributed by atoms with Crippen molar-refractivity contribution in [2.75, 3.05) is 0 Å². The summed E-state index contributed by atoms with van der Waals surface area (Å²) in [6.45, 7) is 3.22. The molecule has 1 aliphatic rings. The number of nitrogens with one attached hydrogen (secondary N) is 1. The highest BCUT2D eigenvalue weighted by Crippen LogP contribution is 2.26. The molecule has 0 saturated heterocycles. The van der Waals surface area contributed by atoms with Crippen molar-refractivity contribution < 1.29 is 0 Å². The Morgan fingerprint density at radius 3 is 3.06 bits per heavy atom. The third kappa shape index (κ3) is 2.59. The molecule has 1 fully saturated rings. The summed E-state index contributed by atoms with van der Waals surface area (Å²) in [5.74, 6) is 0.863. The van der Waals surface area contributed by atoms with E-state index in [0.717, 1.165) is 23.1 Å². The lowest BCUT2D eigenvalue weighted by Gasteiger charge is -2.28. The first-order valence-corrected chi connectivity index (χ1v) is 7.85. The van der Waals surface area contributed by atoms with Crippen molar-refractivity contribution >= 4 is 16.3 Å². The van der Waals surface area contributed by atoms with E-state index in [4.69, 9.17) is 0 Å². The van der Waals surface area contributed by atoms with Crippen LogP contribution in [0.2, 0.25) is 0 Å². The SMILES string of the molecule is C[C@@H](NCc1cn2ccsc2n1)C1CCCCC1. The quantitative estimate of drug-likeness (QED) is 0.915. The normalized spacial score (nSPS) is 19.4. The smallest absolute Gasteiger partial charge is 0.193 e. The molecule has 3 rings (SSSR count). The number of aromatic nitrogens is 2. The molecule has 1 aliphatic carbocycles. The van der Waals surface area contributed by atoms with Gasteiger partial charge in [0.2, 0.25) is 0 Å². The molecular weight excluding hydrogens is 242 g/mol. The summed E-state index contributed by atoms with van der Waals surface area (Å²) in [6, 6.07) is 0.616. The van der Waals surface area contributed by atoms with E-state index >= 15 is 0 Å². The van der Waals surface area contributed by atoms with E-state index in [1.54, 1.807) is 11.3 Å². The zero-order valence-electron chi connectivity index (χ0n) is 10.9. The van der Waals surface area contributed by atoms with Gasteiger partial charge in [0, 0.05) is 30.4 Å². The van der Waals surface area contributed by atoms with Crippen molar-refractivity contribution in [3.63, 3.8) is 0 Å². The maximum atomic E-state index is 4.61. The van der Waals surface area contributed by atoms with Crippen LogP contribution in [0.5, 0.6) is 0 Å². The van der Waals surface area contributed by atoms with Crippen molar-refractivity contribution in [3.8, 4) is 0 Å². The number of hydrogen-bond donors (Lipinski definition) is 1. The van der Waals surface area contributed by atoms with Crippen molar-refractivity contribution in [1.82, 2.24) is 14.7 Å². The van der Waals surface area contributed by atoms with Gasteiger partial charge in [-0.15, -0.1) is 11.3 Å². The average molecular weight is 263 g/mol. The van der Waals surface area contributed by atoms with Gasteiger partial charge in [0.15, 0.2) is 4.96 Å². The fourth-order valence-corrected chi connectivity index (χ4v) is 3.65. The molecule has 0 aromatic carbocycles. The van der Waals surface area contributed by atoms with E-state index in [9.17, 15) is 0 Å². The molecule has 2 heterocycles. The van der Waals surface area contributed by atoms with Crippen LogP contribution in [-0.2, 0) is 6.54 Å². The number of rotatable bonds is 4. The zero-order chi connectivity index (χ0) is 12.4. The first-order valence-electron chi connectivity index (χ1n) is 6.97. The van der Waals surface area contributed by atoms with Gasteiger partial charge in [-0.2, -0.15) is 0 Å². The van der Waals surface area contributed by atoms with Crippen molar-refractivity contribution in [3.05, 3.63) is 23.5 Å². The number of nitrogens with zero attached hydrogens (tertiary/aromatic N) is 2. The van der Waals surface area contributed by atoms with Crippen molar-refractivity contribution in [2.45, 2.75) is 51.6 Å². The van der Waals surface area contributed by atoms with Gasteiger partial charge in [0.1, 0.15) is 0 Å². The second-order valence-electron chi connectivity index (χ2n) is 5.39. The highest BCUT2D eigenvalue weighted by molar-refractivity contribution is 7.15. The minimum absolute atomic E-state index is 0.616. The van der Waals surface area contributed by atoms with Gasteiger partial charge in [-0.25, -0.2) is 4.98 Å². The monoisotopic (exact) mass is 263 g/mol. The maximum absolute atomic E-state index is 4.61. The van der Waals surface area contributed by atoms with Gasteiger partial charge in [0.05, 0.1) is 5.69 Å². The molecule has 1 saturated carbocycles. The second-order valence-corrected chi connectivity index (χ2v) is 6.27. The Kier molecular flexibility index (Phi) is 3.66. The van der Waals surface area contributed by atoms with Gasteiger partial charge in [-0.1, -0.05) is 19.3 Å².